The minimum atomic E-state index is -0.260. The highest BCUT2D eigenvalue weighted by Crippen LogP contribution is 2.18. The van der Waals surface area contributed by atoms with Gasteiger partial charge in [-0.1, -0.05) is 72.8 Å². The number of nitrogens with one attached hydrogen (secondary N) is 2. The molecule has 0 fully saturated rings. The Morgan fingerprint density at radius 2 is 1.17 bits per heavy atom. The fourth-order valence-electron chi connectivity index (χ4n) is 3.46. The number of thioether (sulfide) groups is 1. The van der Waals surface area contributed by atoms with E-state index in [-0.39, 0.29) is 11.8 Å². The van der Waals surface area contributed by atoms with Gasteiger partial charge in [0.15, 0.2) is 0 Å². The maximum atomic E-state index is 12.5. The molecular weight excluding hydrogens is 466 g/mol. The average molecular weight is 494 g/mol. The summed E-state index contributed by atoms with van der Waals surface area (Å²) in [4.78, 5) is 24.8. The molecule has 36 heavy (non-hydrogen) atoms. The molecule has 180 valence electrons. The SMILES string of the molecule is C/C(=N/NC(=O)c1ccc(CSCc2ccccc2)cc1)c1ccc(NC(=O)c2ccccc2)cc1. The number of hydrogen-bond donors (Lipinski definition) is 2. The van der Waals surface area contributed by atoms with Crippen molar-refractivity contribution < 1.29 is 9.59 Å². The first-order chi connectivity index (χ1) is 17.6. The zero-order valence-electron chi connectivity index (χ0n) is 20.0. The lowest BCUT2D eigenvalue weighted by atomic mass is 10.1. The summed E-state index contributed by atoms with van der Waals surface area (Å²) in [5, 5.41) is 7.11. The Morgan fingerprint density at radius 1 is 0.639 bits per heavy atom. The quantitative estimate of drug-likeness (QED) is 0.206. The van der Waals surface area contributed by atoms with Gasteiger partial charge in [0.1, 0.15) is 0 Å². The molecule has 6 heteroatoms. The van der Waals surface area contributed by atoms with Gasteiger partial charge in [-0.05, 0) is 60.0 Å². The molecule has 0 radical (unpaired) electrons. The van der Waals surface area contributed by atoms with Crippen molar-refractivity contribution in [2.75, 3.05) is 5.32 Å². The molecule has 0 bridgehead atoms. The number of benzene rings is 4. The summed E-state index contributed by atoms with van der Waals surface area (Å²) in [6, 6.07) is 34.4. The second-order valence-electron chi connectivity index (χ2n) is 8.21. The minimum Gasteiger partial charge on any atom is -0.322 e. The monoisotopic (exact) mass is 493 g/mol. The first-order valence-electron chi connectivity index (χ1n) is 11.6. The summed E-state index contributed by atoms with van der Waals surface area (Å²) in [6.45, 7) is 1.82. The van der Waals surface area contributed by atoms with Gasteiger partial charge in [-0.15, -0.1) is 0 Å². The Kier molecular flexibility index (Phi) is 8.67. The van der Waals surface area contributed by atoms with Gasteiger partial charge in [0.05, 0.1) is 5.71 Å². The van der Waals surface area contributed by atoms with Gasteiger partial charge in [0, 0.05) is 28.3 Å². The normalized spacial score (nSPS) is 11.1. The standard InChI is InChI=1S/C30H27N3O2S/c1-22(25-16-18-28(19-17-25)31-29(34)26-10-6-3-7-11-26)32-33-30(35)27-14-12-24(13-15-27)21-36-20-23-8-4-2-5-9-23/h2-19H,20-21H2,1H3,(H,31,34)(H,33,35)/b32-22-. The fourth-order valence-corrected chi connectivity index (χ4v) is 4.42. The molecule has 5 nitrogen and oxygen atoms in total. The van der Waals surface area contributed by atoms with Crippen molar-refractivity contribution in [1.82, 2.24) is 5.43 Å². The summed E-state index contributed by atoms with van der Waals surface area (Å²) in [5.74, 6) is 1.42. The second-order valence-corrected chi connectivity index (χ2v) is 9.20. The number of anilines is 1. The molecule has 0 aliphatic rings. The highest BCUT2D eigenvalue weighted by atomic mass is 32.2. The minimum absolute atomic E-state index is 0.165. The van der Waals surface area contributed by atoms with Crippen molar-refractivity contribution in [3.05, 3.63) is 137 Å². The molecule has 0 aliphatic carbocycles. The van der Waals surface area contributed by atoms with Crippen molar-refractivity contribution in [2.24, 2.45) is 5.10 Å². The molecule has 0 saturated carbocycles. The molecule has 2 amide bonds. The van der Waals surface area contributed by atoms with Gasteiger partial charge in [-0.3, -0.25) is 9.59 Å². The zero-order valence-corrected chi connectivity index (χ0v) is 20.8. The number of carbonyl (C=O) groups is 2. The summed E-state index contributed by atoms with van der Waals surface area (Å²) in [5.41, 5.74) is 8.45. The number of hydrogen-bond acceptors (Lipinski definition) is 4. The summed E-state index contributed by atoms with van der Waals surface area (Å²) in [7, 11) is 0. The predicted octanol–water partition coefficient (Wildman–Crippen LogP) is 6.53. The Labute approximate surface area is 215 Å². The third-order valence-electron chi connectivity index (χ3n) is 5.52. The van der Waals surface area contributed by atoms with E-state index in [9.17, 15) is 9.59 Å². The summed E-state index contributed by atoms with van der Waals surface area (Å²) in [6.07, 6.45) is 0. The van der Waals surface area contributed by atoms with E-state index in [2.05, 4.69) is 40.1 Å². The van der Waals surface area contributed by atoms with Crippen LogP contribution in [0.3, 0.4) is 0 Å². The lowest BCUT2D eigenvalue weighted by Gasteiger charge is -2.07. The molecule has 4 aromatic rings. The third kappa shape index (κ3) is 7.17. The van der Waals surface area contributed by atoms with Crippen LogP contribution in [0.5, 0.6) is 0 Å². The molecule has 0 heterocycles. The first-order valence-corrected chi connectivity index (χ1v) is 12.8. The van der Waals surface area contributed by atoms with Gasteiger partial charge < -0.3 is 5.32 Å². The van der Waals surface area contributed by atoms with Crippen LogP contribution in [-0.4, -0.2) is 17.5 Å². The molecule has 2 N–H and O–H groups in total. The Hall–Kier alpha value is -4.16. The molecule has 0 spiro atoms. The van der Waals surface area contributed by atoms with Crippen LogP contribution >= 0.6 is 11.8 Å². The molecular formula is C30H27N3O2S. The van der Waals surface area contributed by atoms with E-state index in [1.807, 2.05) is 91.5 Å². The lowest BCUT2D eigenvalue weighted by Crippen LogP contribution is -2.19. The van der Waals surface area contributed by atoms with Crippen LogP contribution in [0.4, 0.5) is 5.69 Å². The Balaban J connectivity index is 1.27. The number of amides is 2. The number of rotatable bonds is 9. The Bertz CT molecular complexity index is 1320. The highest BCUT2D eigenvalue weighted by Gasteiger charge is 2.07. The lowest BCUT2D eigenvalue weighted by molar-refractivity contribution is 0.0954. The van der Waals surface area contributed by atoms with Crippen LogP contribution in [-0.2, 0) is 11.5 Å². The van der Waals surface area contributed by atoms with Crippen LogP contribution in [0, 0.1) is 0 Å². The van der Waals surface area contributed by atoms with Gasteiger partial charge in [0.2, 0.25) is 0 Å². The summed E-state index contributed by atoms with van der Waals surface area (Å²) >= 11 is 1.84. The largest absolute Gasteiger partial charge is 0.322 e. The van der Waals surface area contributed by atoms with Crippen LogP contribution < -0.4 is 10.7 Å². The first kappa shape index (κ1) is 24.9. The highest BCUT2D eigenvalue weighted by molar-refractivity contribution is 7.97. The zero-order chi connectivity index (χ0) is 25.2. The Morgan fingerprint density at radius 3 is 1.81 bits per heavy atom. The van der Waals surface area contributed by atoms with Crippen molar-refractivity contribution in [3.63, 3.8) is 0 Å². The molecule has 0 atom stereocenters. The maximum Gasteiger partial charge on any atom is 0.271 e. The second kappa shape index (κ2) is 12.5. The molecule has 0 saturated heterocycles. The van der Waals surface area contributed by atoms with E-state index >= 15 is 0 Å². The van der Waals surface area contributed by atoms with E-state index in [4.69, 9.17) is 0 Å². The molecule has 4 rings (SSSR count). The average Bonchev–Trinajstić information content (AvgIpc) is 2.93. The van der Waals surface area contributed by atoms with Crippen LogP contribution in [0.25, 0.3) is 0 Å². The van der Waals surface area contributed by atoms with E-state index in [1.165, 1.54) is 11.1 Å². The maximum absolute atomic E-state index is 12.5. The number of carbonyl (C=O) groups excluding carboxylic acids is 2. The van der Waals surface area contributed by atoms with Crippen molar-refractivity contribution >= 4 is 35.0 Å². The third-order valence-corrected chi connectivity index (χ3v) is 6.59. The topological polar surface area (TPSA) is 70.6 Å². The molecule has 0 aliphatic heterocycles. The van der Waals surface area contributed by atoms with Crippen molar-refractivity contribution in [3.8, 4) is 0 Å². The number of hydrazone groups is 1. The molecule has 0 unspecified atom stereocenters. The van der Waals surface area contributed by atoms with Crippen LogP contribution in [0.15, 0.2) is 114 Å². The van der Waals surface area contributed by atoms with E-state index in [0.717, 1.165) is 17.1 Å². The summed E-state index contributed by atoms with van der Waals surface area (Å²) < 4.78 is 0. The van der Waals surface area contributed by atoms with Crippen LogP contribution in [0.2, 0.25) is 0 Å². The van der Waals surface area contributed by atoms with Gasteiger partial charge in [0.25, 0.3) is 11.8 Å². The van der Waals surface area contributed by atoms with Crippen molar-refractivity contribution in [1.29, 1.82) is 0 Å². The van der Waals surface area contributed by atoms with Gasteiger partial charge in [-0.2, -0.15) is 16.9 Å². The molecule has 4 aromatic carbocycles. The smallest absolute Gasteiger partial charge is 0.271 e. The van der Waals surface area contributed by atoms with E-state index in [0.29, 0.717) is 22.5 Å². The fraction of sp³-hybridized carbons (Fsp3) is 0.100. The van der Waals surface area contributed by atoms with E-state index in [1.54, 1.807) is 12.1 Å². The van der Waals surface area contributed by atoms with E-state index < -0.39 is 0 Å². The predicted molar refractivity (Wildman–Crippen MR) is 148 cm³/mol. The number of nitrogens with zero attached hydrogens (tertiary/aromatic N) is 1. The van der Waals surface area contributed by atoms with Crippen molar-refractivity contribution in [2.45, 2.75) is 18.4 Å². The molecule has 0 aromatic heterocycles. The van der Waals surface area contributed by atoms with Gasteiger partial charge >= 0.3 is 0 Å². The van der Waals surface area contributed by atoms with Gasteiger partial charge in [-0.25, -0.2) is 5.43 Å². The van der Waals surface area contributed by atoms with Crippen LogP contribution in [0.1, 0.15) is 44.3 Å².